The summed E-state index contributed by atoms with van der Waals surface area (Å²) in [5.74, 6) is 0.448. The molecule has 0 aliphatic carbocycles. The zero-order chi connectivity index (χ0) is 12.4. The topological polar surface area (TPSA) is 63.8 Å². The summed E-state index contributed by atoms with van der Waals surface area (Å²) >= 11 is 3.23. The van der Waals surface area contributed by atoms with Gasteiger partial charge in [-0.25, -0.2) is 9.37 Å². The minimum absolute atomic E-state index is 0.275. The third-order valence-corrected chi connectivity index (χ3v) is 2.56. The van der Waals surface area contributed by atoms with E-state index in [0.717, 1.165) is 11.3 Å². The zero-order valence-corrected chi connectivity index (χ0v) is 10.6. The normalized spacial score (nSPS) is 10.3. The first kappa shape index (κ1) is 11.8. The number of nitrogens with one attached hydrogen (secondary N) is 1. The van der Waals surface area contributed by atoms with Crippen molar-refractivity contribution >= 4 is 33.4 Å². The van der Waals surface area contributed by atoms with Crippen LogP contribution in [0.1, 0.15) is 5.56 Å². The maximum Gasteiger partial charge on any atom is 0.230 e. The van der Waals surface area contributed by atoms with E-state index in [-0.39, 0.29) is 5.82 Å². The summed E-state index contributed by atoms with van der Waals surface area (Å²) in [6.07, 6.45) is 0. The summed E-state index contributed by atoms with van der Waals surface area (Å²) in [5, 5.41) is 2.98. The van der Waals surface area contributed by atoms with Gasteiger partial charge in [-0.2, -0.15) is 4.98 Å². The van der Waals surface area contributed by atoms with Gasteiger partial charge in [0.25, 0.3) is 0 Å². The number of hydrogen-bond donors (Lipinski definition) is 2. The minimum atomic E-state index is -0.275. The molecule has 17 heavy (non-hydrogen) atoms. The van der Waals surface area contributed by atoms with Gasteiger partial charge >= 0.3 is 0 Å². The van der Waals surface area contributed by atoms with Crippen LogP contribution in [0.2, 0.25) is 0 Å². The van der Waals surface area contributed by atoms with Crippen molar-refractivity contribution in [3.63, 3.8) is 0 Å². The van der Waals surface area contributed by atoms with Crippen LogP contribution in [-0.2, 0) is 0 Å². The van der Waals surface area contributed by atoms with Crippen molar-refractivity contribution in [3.05, 3.63) is 40.2 Å². The van der Waals surface area contributed by atoms with Gasteiger partial charge in [-0.05, 0) is 46.6 Å². The molecule has 0 spiro atoms. The lowest BCUT2D eigenvalue weighted by atomic mass is 10.2. The van der Waals surface area contributed by atoms with Gasteiger partial charge in [0.05, 0.1) is 0 Å². The molecule has 0 fully saturated rings. The van der Waals surface area contributed by atoms with Gasteiger partial charge in [-0.1, -0.05) is 0 Å². The van der Waals surface area contributed by atoms with E-state index in [1.807, 2.05) is 0 Å². The van der Waals surface area contributed by atoms with Gasteiger partial charge in [0.2, 0.25) is 5.95 Å². The van der Waals surface area contributed by atoms with Crippen LogP contribution in [-0.4, -0.2) is 9.97 Å². The maximum absolute atomic E-state index is 12.9. The molecule has 0 saturated carbocycles. The molecular formula is C11H10BrFN4. The van der Waals surface area contributed by atoms with E-state index >= 15 is 0 Å². The molecule has 88 valence electrons. The number of nitrogens with two attached hydrogens (primary N) is 1. The van der Waals surface area contributed by atoms with E-state index < -0.39 is 0 Å². The Morgan fingerprint density at radius 1 is 1.29 bits per heavy atom. The van der Waals surface area contributed by atoms with Crippen molar-refractivity contribution in [1.82, 2.24) is 9.97 Å². The van der Waals surface area contributed by atoms with Gasteiger partial charge < -0.3 is 11.1 Å². The van der Waals surface area contributed by atoms with Crippen LogP contribution in [0.15, 0.2) is 28.9 Å². The standard InChI is InChI=1S/C11H10BrFN4/c1-6-4-7(13)2-3-8(6)15-11-16-9(12)5-10(14)17-11/h2-5H,1H3,(H3,14,15,16,17). The molecule has 0 atom stereocenters. The molecular weight excluding hydrogens is 287 g/mol. The number of halogens is 2. The number of rotatable bonds is 2. The van der Waals surface area contributed by atoms with E-state index in [1.54, 1.807) is 19.1 Å². The third kappa shape index (κ3) is 2.91. The Balaban J connectivity index is 2.31. The number of aromatic nitrogens is 2. The SMILES string of the molecule is Cc1cc(F)ccc1Nc1nc(N)cc(Br)n1. The van der Waals surface area contributed by atoms with Crippen LogP contribution in [0, 0.1) is 12.7 Å². The fourth-order valence-corrected chi connectivity index (χ4v) is 1.78. The molecule has 2 rings (SSSR count). The van der Waals surface area contributed by atoms with Crippen molar-refractivity contribution in [2.24, 2.45) is 0 Å². The molecule has 0 aliphatic heterocycles. The summed E-state index contributed by atoms with van der Waals surface area (Å²) in [6.45, 7) is 1.80. The molecule has 4 nitrogen and oxygen atoms in total. The second-order valence-electron chi connectivity index (χ2n) is 3.52. The molecule has 3 N–H and O–H groups in total. The Hall–Kier alpha value is -1.69. The lowest BCUT2D eigenvalue weighted by Crippen LogP contribution is -2.01. The predicted molar refractivity (Wildman–Crippen MR) is 68.6 cm³/mol. The van der Waals surface area contributed by atoms with E-state index in [4.69, 9.17) is 5.73 Å². The highest BCUT2D eigenvalue weighted by molar-refractivity contribution is 9.10. The minimum Gasteiger partial charge on any atom is -0.383 e. The Labute approximate surface area is 106 Å². The number of benzene rings is 1. The van der Waals surface area contributed by atoms with Gasteiger partial charge in [0, 0.05) is 11.8 Å². The maximum atomic E-state index is 12.9. The molecule has 0 saturated heterocycles. The molecule has 2 aromatic rings. The fourth-order valence-electron chi connectivity index (χ4n) is 1.38. The second-order valence-corrected chi connectivity index (χ2v) is 4.34. The number of anilines is 3. The van der Waals surface area contributed by atoms with Crippen LogP contribution >= 0.6 is 15.9 Å². The number of nitrogens with zero attached hydrogens (tertiary/aromatic N) is 2. The van der Waals surface area contributed by atoms with E-state index in [0.29, 0.717) is 16.4 Å². The largest absolute Gasteiger partial charge is 0.383 e. The molecule has 1 aromatic carbocycles. The van der Waals surface area contributed by atoms with Crippen LogP contribution in [0.25, 0.3) is 0 Å². The molecule has 0 radical (unpaired) electrons. The van der Waals surface area contributed by atoms with Crippen molar-refractivity contribution in [2.45, 2.75) is 6.92 Å². The average molecular weight is 297 g/mol. The average Bonchev–Trinajstić information content (AvgIpc) is 2.21. The zero-order valence-electron chi connectivity index (χ0n) is 9.04. The molecule has 0 unspecified atom stereocenters. The molecule has 0 aliphatic rings. The van der Waals surface area contributed by atoms with E-state index in [1.165, 1.54) is 12.1 Å². The fraction of sp³-hybridized carbons (Fsp3) is 0.0909. The second kappa shape index (κ2) is 4.67. The Morgan fingerprint density at radius 3 is 2.71 bits per heavy atom. The van der Waals surface area contributed by atoms with Crippen LogP contribution in [0.4, 0.5) is 21.8 Å². The monoisotopic (exact) mass is 296 g/mol. The van der Waals surface area contributed by atoms with Crippen molar-refractivity contribution in [3.8, 4) is 0 Å². The van der Waals surface area contributed by atoms with Crippen molar-refractivity contribution in [1.29, 1.82) is 0 Å². The number of nitrogen functional groups attached to an aromatic ring is 1. The van der Waals surface area contributed by atoms with Crippen LogP contribution in [0.3, 0.4) is 0 Å². The Bertz CT molecular complexity index is 539. The molecule has 1 heterocycles. The smallest absolute Gasteiger partial charge is 0.230 e. The van der Waals surface area contributed by atoms with Gasteiger partial charge in [0.15, 0.2) is 0 Å². The van der Waals surface area contributed by atoms with Gasteiger partial charge in [0.1, 0.15) is 16.2 Å². The highest BCUT2D eigenvalue weighted by Crippen LogP contribution is 2.20. The molecule has 6 heteroatoms. The van der Waals surface area contributed by atoms with Crippen LogP contribution < -0.4 is 11.1 Å². The summed E-state index contributed by atoms with van der Waals surface area (Å²) in [7, 11) is 0. The lowest BCUT2D eigenvalue weighted by molar-refractivity contribution is 0.627. The summed E-state index contributed by atoms with van der Waals surface area (Å²) < 4.78 is 13.5. The summed E-state index contributed by atoms with van der Waals surface area (Å²) in [6, 6.07) is 6.04. The summed E-state index contributed by atoms with van der Waals surface area (Å²) in [4.78, 5) is 8.14. The predicted octanol–water partition coefficient (Wildman–Crippen LogP) is 3.01. The Kier molecular flexibility index (Phi) is 3.23. The van der Waals surface area contributed by atoms with Gasteiger partial charge in [-0.3, -0.25) is 0 Å². The summed E-state index contributed by atoms with van der Waals surface area (Å²) in [5.41, 5.74) is 7.10. The quantitative estimate of drug-likeness (QED) is 0.836. The highest BCUT2D eigenvalue weighted by atomic mass is 79.9. The Morgan fingerprint density at radius 2 is 2.06 bits per heavy atom. The first-order valence-electron chi connectivity index (χ1n) is 4.88. The number of aryl methyl sites for hydroxylation is 1. The highest BCUT2D eigenvalue weighted by Gasteiger charge is 2.04. The molecule has 1 aromatic heterocycles. The first-order valence-corrected chi connectivity index (χ1v) is 5.67. The van der Waals surface area contributed by atoms with E-state index in [9.17, 15) is 4.39 Å². The third-order valence-electron chi connectivity index (χ3n) is 2.15. The first-order chi connectivity index (χ1) is 8.04. The van der Waals surface area contributed by atoms with E-state index in [2.05, 4.69) is 31.2 Å². The molecule has 0 amide bonds. The molecule has 0 bridgehead atoms. The van der Waals surface area contributed by atoms with Crippen LogP contribution in [0.5, 0.6) is 0 Å². The van der Waals surface area contributed by atoms with Gasteiger partial charge in [-0.15, -0.1) is 0 Å². The van der Waals surface area contributed by atoms with Crippen molar-refractivity contribution < 1.29 is 4.39 Å². The lowest BCUT2D eigenvalue weighted by Gasteiger charge is -2.08. The van der Waals surface area contributed by atoms with Crippen molar-refractivity contribution in [2.75, 3.05) is 11.1 Å². The number of hydrogen-bond acceptors (Lipinski definition) is 4.